The van der Waals surface area contributed by atoms with Crippen LogP contribution in [0.25, 0.3) is 22.3 Å². The molecule has 3 aromatic carbocycles. The molecule has 59 heavy (non-hydrogen) atoms. The number of piperidine rings is 1. The van der Waals surface area contributed by atoms with Gasteiger partial charge in [-0.15, -0.1) is 11.3 Å². The van der Waals surface area contributed by atoms with Crippen LogP contribution in [0.1, 0.15) is 30.5 Å². The smallest absolute Gasteiger partial charge is 0.455 e. The van der Waals surface area contributed by atoms with Gasteiger partial charge in [0.25, 0.3) is 10.0 Å². The number of anilines is 1. The van der Waals surface area contributed by atoms with Crippen LogP contribution in [0.3, 0.4) is 0 Å². The molecule has 2 N–H and O–H groups in total. The lowest BCUT2D eigenvalue weighted by atomic mass is 9.93. The van der Waals surface area contributed by atoms with Crippen LogP contribution in [0.5, 0.6) is 11.5 Å². The van der Waals surface area contributed by atoms with Crippen molar-refractivity contribution < 1.29 is 58.2 Å². The number of hydrogen-bond acceptors (Lipinski definition) is 9. The van der Waals surface area contributed by atoms with Crippen molar-refractivity contribution >= 4 is 50.8 Å². The number of benzene rings is 3. The summed E-state index contributed by atoms with van der Waals surface area (Å²) in [5.74, 6) is -3.39. The average Bonchev–Trinajstić information content (AvgIpc) is 3.70. The summed E-state index contributed by atoms with van der Waals surface area (Å²) in [5.41, 5.74) is 1.90. The van der Waals surface area contributed by atoms with E-state index in [4.69, 9.17) is 21.1 Å². The minimum Gasteiger partial charge on any atom is -0.455 e. The Balaban J connectivity index is 1.19. The van der Waals surface area contributed by atoms with Crippen molar-refractivity contribution in [1.82, 2.24) is 20.2 Å². The largest absolute Gasteiger partial charge is 0.471 e. The predicted molar refractivity (Wildman–Crippen MR) is 203 cm³/mol. The van der Waals surface area contributed by atoms with Gasteiger partial charge in [0.2, 0.25) is 0 Å². The average molecular weight is 886 g/mol. The molecule has 0 unspecified atom stereocenters. The van der Waals surface area contributed by atoms with Crippen LogP contribution in [0.15, 0.2) is 88.7 Å². The molecule has 5 aromatic rings. The van der Waals surface area contributed by atoms with E-state index >= 15 is 4.39 Å². The Hall–Kier alpha value is -5.47. The van der Waals surface area contributed by atoms with Gasteiger partial charge in [0.15, 0.2) is 5.82 Å². The number of ether oxygens (including phenoxy) is 2. The fourth-order valence-corrected chi connectivity index (χ4v) is 8.08. The summed E-state index contributed by atoms with van der Waals surface area (Å²) >= 11 is 7.53. The number of alkyl carbamates (subject to hydrolysis) is 1. The number of likely N-dealkylation sites (tertiary alicyclic amines) is 1. The Bertz CT molecular complexity index is 2430. The Morgan fingerprint density at radius 2 is 1.66 bits per heavy atom. The van der Waals surface area contributed by atoms with Gasteiger partial charge in [-0.2, -0.15) is 26.3 Å². The highest BCUT2D eigenvalue weighted by molar-refractivity contribution is 7.92. The third kappa shape index (κ3) is 11.0. The van der Waals surface area contributed by atoms with Crippen LogP contribution in [0, 0.1) is 11.7 Å². The summed E-state index contributed by atoms with van der Waals surface area (Å²) in [6.07, 6.45) is -7.85. The molecule has 0 saturated carbocycles. The molecular formula is C38H31ClF7N5O6S2. The molecule has 1 aliphatic heterocycles. The summed E-state index contributed by atoms with van der Waals surface area (Å²) in [4.78, 5) is 32.0. The molecular weight excluding hydrogens is 855 g/mol. The summed E-state index contributed by atoms with van der Waals surface area (Å²) in [7, 11) is -4.45. The molecule has 312 valence electrons. The van der Waals surface area contributed by atoms with Crippen molar-refractivity contribution in [2.45, 2.75) is 43.1 Å². The van der Waals surface area contributed by atoms with E-state index < -0.39 is 50.7 Å². The van der Waals surface area contributed by atoms with E-state index in [1.165, 1.54) is 59.6 Å². The van der Waals surface area contributed by atoms with Crippen molar-refractivity contribution in [3.63, 3.8) is 0 Å². The number of aromatic nitrogens is 2. The van der Waals surface area contributed by atoms with Crippen molar-refractivity contribution in [2.75, 3.05) is 24.4 Å². The maximum absolute atomic E-state index is 15.4. The molecule has 0 aliphatic carbocycles. The molecule has 0 radical (unpaired) electrons. The number of amides is 2. The zero-order valence-electron chi connectivity index (χ0n) is 30.2. The summed E-state index contributed by atoms with van der Waals surface area (Å²) in [5, 5.41) is 3.68. The van der Waals surface area contributed by atoms with Gasteiger partial charge < -0.3 is 19.7 Å². The molecule has 6 rings (SSSR count). The van der Waals surface area contributed by atoms with Gasteiger partial charge in [0.05, 0.1) is 21.8 Å². The third-order valence-electron chi connectivity index (χ3n) is 9.11. The predicted octanol–water partition coefficient (Wildman–Crippen LogP) is 9.69. The number of rotatable bonds is 12. The van der Waals surface area contributed by atoms with E-state index in [9.17, 15) is 44.3 Å². The highest BCUT2D eigenvalue weighted by atomic mass is 35.5. The van der Waals surface area contributed by atoms with Gasteiger partial charge in [0.1, 0.15) is 28.8 Å². The number of carbonyl (C=O) groups excluding carboxylic acids is 2. The number of alkyl halides is 6. The zero-order valence-corrected chi connectivity index (χ0v) is 32.6. The summed E-state index contributed by atoms with van der Waals surface area (Å²) < 4.78 is 134. The van der Waals surface area contributed by atoms with Crippen LogP contribution in [-0.2, 0) is 32.3 Å². The minimum atomic E-state index is -4.93. The van der Waals surface area contributed by atoms with Crippen molar-refractivity contribution in [3.8, 4) is 33.8 Å². The third-order valence-corrected chi connectivity index (χ3v) is 11.4. The Labute approximate surface area is 341 Å². The molecule has 11 nitrogen and oxygen atoms in total. The van der Waals surface area contributed by atoms with Crippen LogP contribution >= 0.6 is 22.9 Å². The summed E-state index contributed by atoms with van der Waals surface area (Å²) in [6, 6.07) is 13.7. The second kappa shape index (κ2) is 17.8. The fraction of sp³-hybridized carbons (Fsp3) is 0.263. The van der Waals surface area contributed by atoms with E-state index in [0.717, 1.165) is 40.5 Å². The number of hydrogen-bond donors (Lipinski definition) is 2. The van der Waals surface area contributed by atoms with Gasteiger partial charge in [-0.05, 0) is 84.3 Å². The number of halogens is 8. The Morgan fingerprint density at radius 3 is 2.36 bits per heavy atom. The maximum Gasteiger partial charge on any atom is 0.471 e. The number of nitrogens with zero attached hydrogens (tertiary/aromatic N) is 3. The van der Waals surface area contributed by atoms with Gasteiger partial charge in [-0.1, -0.05) is 29.8 Å². The minimum absolute atomic E-state index is 0.0164. The van der Waals surface area contributed by atoms with E-state index in [2.05, 4.69) is 20.0 Å². The lowest BCUT2D eigenvalue weighted by Crippen LogP contribution is -2.45. The molecule has 3 heterocycles. The Kier molecular flexibility index (Phi) is 13.0. The van der Waals surface area contributed by atoms with E-state index in [1.54, 1.807) is 0 Å². The first-order chi connectivity index (χ1) is 27.9. The first-order valence-corrected chi connectivity index (χ1v) is 20.3. The van der Waals surface area contributed by atoms with Crippen molar-refractivity contribution in [2.24, 2.45) is 5.92 Å². The molecule has 1 aliphatic rings. The van der Waals surface area contributed by atoms with E-state index in [-0.39, 0.29) is 71.3 Å². The molecule has 0 bridgehead atoms. The van der Waals surface area contributed by atoms with Gasteiger partial charge in [0, 0.05) is 42.8 Å². The van der Waals surface area contributed by atoms with E-state index in [0.29, 0.717) is 30.4 Å². The lowest BCUT2D eigenvalue weighted by molar-refractivity contribution is -0.186. The number of thiazole rings is 1. The van der Waals surface area contributed by atoms with Gasteiger partial charge >= 0.3 is 24.4 Å². The molecule has 1 fully saturated rings. The highest BCUT2D eigenvalue weighted by Gasteiger charge is 2.43. The van der Waals surface area contributed by atoms with E-state index in [1.807, 2.05) is 0 Å². The zero-order chi connectivity index (χ0) is 42.5. The van der Waals surface area contributed by atoms with Gasteiger partial charge in [-0.3, -0.25) is 14.5 Å². The fourth-order valence-electron chi connectivity index (χ4n) is 6.17. The van der Waals surface area contributed by atoms with Crippen LogP contribution in [0.4, 0.5) is 41.3 Å². The first kappa shape index (κ1) is 43.1. The standard InChI is InChI=1S/C38H31ClF7N5O6S2/c39-29-17-33(59(54,55)50-34-20-58-21-49-34)30(40)18-32(29)57-31-5-4-24(23-2-1-3-26(14-23)37(41,42)43)16-28(31)25-7-11-47-27(15-25)19-56-36(53)48-10-6-22-8-12-51(13-9-22)35(52)38(44,45)46/h1-5,7,11,14-18,20-22,50H,6,8-10,12-13,19H2,(H,48,53). The second-order valence-corrected chi connectivity index (χ2v) is 15.9. The number of pyridine rings is 1. The molecule has 21 heteroatoms. The summed E-state index contributed by atoms with van der Waals surface area (Å²) in [6.45, 7) is -0.260. The van der Waals surface area contributed by atoms with Crippen molar-refractivity contribution in [3.05, 3.63) is 106 Å². The Morgan fingerprint density at radius 1 is 0.915 bits per heavy atom. The molecule has 1 saturated heterocycles. The normalized spacial score (nSPS) is 13.9. The number of carbonyl (C=O) groups is 2. The highest BCUT2D eigenvalue weighted by Crippen LogP contribution is 2.41. The lowest BCUT2D eigenvalue weighted by Gasteiger charge is -2.32. The second-order valence-electron chi connectivity index (χ2n) is 13.1. The van der Waals surface area contributed by atoms with Crippen LogP contribution in [-0.4, -0.2) is 61.1 Å². The molecule has 2 aromatic heterocycles. The number of nitrogens with one attached hydrogen (secondary N) is 2. The molecule has 2 amide bonds. The first-order valence-electron chi connectivity index (χ1n) is 17.5. The van der Waals surface area contributed by atoms with Crippen LogP contribution < -0.4 is 14.8 Å². The van der Waals surface area contributed by atoms with Crippen molar-refractivity contribution in [1.29, 1.82) is 0 Å². The molecule has 0 spiro atoms. The van der Waals surface area contributed by atoms with Crippen LogP contribution in [0.2, 0.25) is 5.02 Å². The van der Waals surface area contributed by atoms with Gasteiger partial charge in [-0.25, -0.2) is 22.6 Å². The number of sulfonamides is 1. The topological polar surface area (TPSA) is 140 Å². The SMILES string of the molecule is O=C(NCCC1CCN(C(=O)C(F)(F)F)CC1)OCc1cc(-c2cc(-c3cccc(C(F)(F)F)c3)ccc2Oc2cc(F)c(S(=O)(=O)Nc3cscn3)cc2Cl)ccn1. The molecule has 0 atom stereocenters. The monoisotopic (exact) mass is 885 g/mol. The maximum atomic E-state index is 15.4. The quantitative estimate of drug-likeness (QED) is 0.118.